The lowest BCUT2D eigenvalue weighted by Crippen LogP contribution is -2.54. The van der Waals surface area contributed by atoms with E-state index in [9.17, 15) is 4.79 Å². The number of halogens is 1. The van der Waals surface area contributed by atoms with E-state index in [1.165, 1.54) is 24.0 Å². The first kappa shape index (κ1) is 17.7. The fourth-order valence-corrected chi connectivity index (χ4v) is 3.84. The molecule has 2 aliphatic rings. The number of benzene rings is 1. The van der Waals surface area contributed by atoms with Crippen molar-refractivity contribution < 1.29 is 9.90 Å². The predicted molar refractivity (Wildman–Crippen MR) is 96.4 cm³/mol. The lowest BCUT2D eigenvalue weighted by atomic mass is 9.85. The molecule has 5 heteroatoms. The molecule has 1 aromatic carbocycles. The summed E-state index contributed by atoms with van der Waals surface area (Å²) >= 11 is 6.34. The molecule has 3 rings (SSSR count). The van der Waals surface area contributed by atoms with Crippen LogP contribution < -0.4 is 5.32 Å². The second-order valence-corrected chi connectivity index (χ2v) is 7.61. The van der Waals surface area contributed by atoms with Crippen LogP contribution in [-0.4, -0.2) is 41.1 Å². The maximum atomic E-state index is 11.1. The molecule has 0 bridgehead atoms. The molecule has 4 nitrogen and oxygen atoms in total. The van der Waals surface area contributed by atoms with Gasteiger partial charge in [-0.05, 0) is 55.2 Å². The number of hydrogen-bond acceptors (Lipinski definition) is 3. The zero-order chi connectivity index (χ0) is 17.1. The van der Waals surface area contributed by atoms with Gasteiger partial charge in [-0.3, -0.25) is 9.69 Å². The Labute approximate surface area is 149 Å². The topological polar surface area (TPSA) is 52.6 Å². The lowest BCUT2D eigenvalue weighted by Gasteiger charge is -2.43. The average molecular weight is 351 g/mol. The summed E-state index contributed by atoms with van der Waals surface area (Å²) in [5, 5.41) is 13.6. The number of nitrogens with one attached hydrogen (secondary N) is 1. The zero-order valence-electron chi connectivity index (χ0n) is 14.3. The number of hydrogen-bond donors (Lipinski definition) is 2. The van der Waals surface area contributed by atoms with Gasteiger partial charge in [0.05, 0.1) is 6.54 Å². The van der Waals surface area contributed by atoms with Crippen molar-refractivity contribution in [3.8, 4) is 0 Å². The highest BCUT2D eigenvalue weighted by Crippen LogP contribution is 2.34. The van der Waals surface area contributed by atoms with Crippen molar-refractivity contribution in [3.63, 3.8) is 0 Å². The van der Waals surface area contributed by atoms with Gasteiger partial charge in [-0.1, -0.05) is 30.7 Å². The fraction of sp³-hybridized carbons (Fsp3) is 0.632. The van der Waals surface area contributed by atoms with E-state index in [0.29, 0.717) is 12.1 Å². The molecule has 0 aliphatic heterocycles. The van der Waals surface area contributed by atoms with Gasteiger partial charge in [0.25, 0.3) is 0 Å². The highest BCUT2D eigenvalue weighted by Gasteiger charge is 2.36. The van der Waals surface area contributed by atoms with Crippen LogP contribution in [0.15, 0.2) is 18.2 Å². The Morgan fingerprint density at radius 2 is 2.12 bits per heavy atom. The van der Waals surface area contributed by atoms with Crippen molar-refractivity contribution >= 4 is 17.6 Å². The van der Waals surface area contributed by atoms with E-state index in [1.54, 1.807) is 0 Å². The van der Waals surface area contributed by atoms with E-state index in [2.05, 4.69) is 23.2 Å². The van der Waals surface area contributed by atoms with E-state index in [4.69, 9.17) is 16.7 Å². The van der Waals surface area contributed by atoms with Crippen LogP contribution in [0.5, 0.6) is 0 Å². The van der Waals surface area contributed by atoms with E-state index < -0.39 is 5.97 Å². The van der Waals surface area contributed by atoms with Crippen molar-refractivity contribution in [1.29, 1.82) is 0 Å². The van der Waals surface area contributed by atoms with Crippen molar-refractivity contribution in [1.82, 2.24) is 10.2 Å². The summed E-state index contributed by atoms with van der Waals surface area (Å²) in [5.74, 6) is 0.0160. The maximum absolute atomic E-state index is 11.1. The van der Waals surface area contributed by atoms with Gasteiger partial charge in [0.15, 0.2) is 0 Å². The van der Waals surface area contributed by atoms with Crippen molar-refractivity contribution in [2.24, 2.45) is 5.92 Å². The summed E-state index contributed by atoms with van der Waals surface area (Å²) in [5.41, 5.74) is 2.50. The van der Waals surface area contributed by atoms with Gasteiger partial charge in [0, 0.05) is 30.2 Å². The van der Waals surface area contributed by atoms with Crippen LogP contribution in [0.2, 0.25) is 5.02 Å². The van der Waals surface area contributed by atoms with Gasteiger partial charge in [-0.25, -0.2) is 0 Å². The molecule has 0 saturated heterocycles. The van der Waals surface area contributed by atoms with Crippen LogP contribution >= 0.6 is 11.6 Å². The van der Waals surface area contributed by atoms with E-state index >= 15 is 0 Å². The van der Waals surface area contributed by atoms with Crippen LogP contribution in [0.25, 0.3) is 0 Å². The minimum absolute atomic E-state index is 0.179. The molecule has 0 radical (unpaired) electrons. The molecular formula is C19H27ClN2O2. The van der Waals surface area contributed by atoms with Crippen molar-refractivity contribution in [3.05, 3.63) is 34.3 Å². The SMILES string of the molecule is CCc1cccc(Cl)c1CNC1CC(N(CC(=O)O)CC2CC2)C1. The van der Waals surface area contributed by atoms with Gasteiger partial charge in [-0.15, -0.1) is 0 Å². The van der Waals surface area contributed by atoms with E-state index in [-0.39, 0.29) is 6.54 Å². The molecule has 2 saturated carbocycles. The molecule has 2 fully saturated rings. The van der Waals surface area contributed by atoms with Crippen LogP contribution in [0.4, 0.5) is 0 Å². The largest absolute Gasteiger partial charge is 0.480 e. The molecule has 1 aromatic rings. The fourth-order valence-electron chi connectivity index (χ4n) is 3.58. The molecule has 0 amide bonds. The van der Waals surface area contributed by atoms with E-state index in [0.717, 1.165) is 43.3 Å². The first-order valence-corrected chi connectivity index (χ1v) is 9.40. The number of rotatable bonds is 9. The molecule has 0 spiro atoms. The minimum Gasteiger partial charge on any atom is -0.480 e. The number of carbonyl (C=O) groups is 1. The molecule has 2 aliphatic carbocycles. The first-order chi connectivity index (χ1) is 11.6. The smallest absolute Gasteiger partial charge is 0.317 e. The number of carboxylic acid groups (broad SMARTS) is 1. The molecule has 0 atom stereocenters. The van der Waals surface area contributed by atoms with Crippen LogP contribution in [-0.2, 0) is 17.8 Å². The zero-order valence-corrected chi connectivity index (χ0v) is 15.1. The van der Waals surface area contributed by atoms with E-state index in [1.807, 2.05) is 12.1 Å². The predicted octanol–water partition coefficient (Wildman–Crippen LogP) is 3.32. The number of aryl methyl sites for hydroxylation is 1. The molecule has 0 aromatic heterocycles. The third-order valence-corrected chi connectivity index (χ3v) is 5.68. The molecular weight excluding hydrogens is 324 g/mol. The minimum atomic E-state index is -0.712. The summed E-state index contributed by atoms with van der Waals surface area (Å²) in [4.78, 5) is 13.3. The van der Waals surface area contributed by atoms with Crippen molar-refractivity contribution in [2.45, 2.75) is 57.7 Å². The normalized spacial score (nSPS) is 23.3. The van der Waals surface area contributed by atoms with Crippen LogP contribution in [0.3, 0.4) is 0 Å². The summed E-state index contributed by atoms with van der Waals surface area (Å²) in [6.45, 7) is 4.07. The second kappa shape index (κ2) is 7.85. The summed E-state index contributed by atoms with van der Waals surface area (Å²) < 4.78 is 0. The van der Waals surface area contributed by atoms with Gasteiger partial charge in [-0.2, -0.15) is 0 Å². The van der Waals surface area contributed by atoms with Gasteiger partial charge in [0.1, 0.15) is 0 Å². The Kier molecular flexibility index (Phi) is 5.80. The Balaban J connectivity index is 1.48. The molecule has 2 N–H and O–H groups in total. The molecule has 0 unspecified atom stereocenters. The van der Waals surface area contributed by atoms with Gasteiger partial charge < -0.3 is 10.4 Å². The number of carboxylic acids is 1. The molecule has 132 valence electrons. The van der Waals surface area contributed by atoms with Crippen LogP contribution in [0, 0.1) is 5.92 Å². The number of nitrogens with zero attached hydrogens (tertiary/aromatic N) is 1. The standard InChI is InChI=1S/C19H27ClN2O2/c1-2-14-4-3-5-18(20)17(14)10-21-15-8-16(9-15)22(12-19(23)24)11-13-6-7-13/h3-5,13,15-16,21H,2,6-12H2,1H3,(H,23,24). The monoisotopic (exact) mass is 350 g/mol. The maximum Gasteiger partial charge on any atom is 0.317 e. The summed E-state index contributed by atoms with van der Waals surface area (Å²) in [7, 11) is 0. The lowest BCUT2D eigenvalue weighted by molar-refractivity contribution is -0.139. The Morgan fingerprint density at radius 3 is 2.75 bits per heavy atom. The highest BCUT2D eigenvalue weighted by molar-refractivity contribution is 6.31. The Hall–Kier alpha value is -1.10. The Bertz CT molecular complexity index is 583. The second-order valence-electron chi connectivity index (χ2n) is 7.20. The summed E-state index contributed by atoms with van der Waals surface area (Å²) in [6, 6.07) is 6.97. The molecule has 24 heavy (non-hydrogen) atoms. The van der Waals surface area contributed by atoms with Crippen molar-refractivity contribution in [2.75, 3.05) is 13.1 Å². The quantitative estimate of drug-likeness (QED) is 0.717. The third kappa shape index (κ3) is 4.50. The first-order valence-electron chi connectivity index (χ1n) is 9.02. The average Bonchev–Trinajstić information content (AvgIpc) is 3.30. The van der Waals surface area contributed by atoms with Gasteiger partial charge >= 0.3 is 5.97 Å². The third-order valence-electron chi connectivity index (χ3n) is 5.32. The highest BCUT2D eigenvalue weighted by atomic mass is 35.5. The Morgan fingerprint density at radius 1 is 1.38 bits per heavy atom. The molecule has 0 heterocycles. The van der Waals surface area contributed by atoms with Crippen LogP contribution in [0.1, 0.15) is 43.7 Å². The summed E-state index contributed by atoms with van der Waals surface area (Å²) in [6.07, 6.45) is 5.57. The number of aliphatic carboxylic acids is 1. The van der Waals surface area contributed by atoms with Gasteiger partial charge in [0.2, 0.25) is 0 Å².